The van der Waals surface area contributed by atoms with Crippen molar-refractivity contribution in [2.24, 2.45) is 15.2 Å². The zero-order valence-corrected chi connectivity index (χ0v) is 11.5. The van der Waals surface area contributed by atoms with Crippen molar-refractivity contribution in [3.05, 3.63) is 0 Å². The number of nitrogens with one attached hydrogen (secondary N) is 1. The Hall–Kier alpha value is -0.950. The topological polar surface area (TPSA) is 95.8 Å². The Labute approximate surface area is 107 Å². The summed E-state index contributed by atoms with van der Waals surface area (Å²) in [6, 6.07) is 0. The third-order valence-corrected chi connectivity index (χ3v) is 4.68. The van der Waals surface area contributed by atoms with E-state index in [1.807, 2.05) is 0 Å². The predicted octanol–water partition coefficient (Wildman–Crippen LogP) is 0.945. The van der Waals surface area contributed by atoms with E-state index in [0.29, 0.717) is 19.3 Å². The van der Waals surface area contributed by atoms with Gasteiger partial charge in [-0.1, -0.05) is 0 Å². The third kappa shape index (κ3) is 2.29. The van der Waals surface area contributed by atoms with E-state index in [2.05, 4.69) is 9.12 Å². The molecule has 18 heavy (non-hydrogen) atoms. The molecule has 0 atom stereocenters. The Morgan fingerprint density at radius 2 is 1.83 bits per heavy atom. The van der Waals surface area contributed by atoms with Gasteiger partial charge in [0, 0.05) is 17.2 Å². The average Bonchev–Trinajstić information content (AvgIpc) is 1.91. The van der Waals surface area contributed by atoms with Crippen molar-refractivity contribution in [2.75, 3.05) is 0 Å². The lowest BCUT2D eigenvalue weighted by atomic mass is 9.35. The molecule has 2 N–H and O–H groups in total. The minimum Gasteiger partial charge on any atom is -0.481 e. The molecule has 0 unspecified atom stereocenters. The average molecular weight is 274 g/mol. The first-order chi connectivity index (χ1) is 7.98. The maximum Gasteiger partial charge on any atom is 0.319 e. The van der Waals surface area contributed by atoms with Gasteiger partial charge in [-0.2, -0.15) is 17.5 Å². The molecule has 0 aromatic heterocycles. The standard InChI is InChI=1S/C11H18N2O4S/c1-9(2,3)13-18(16,17)12-7-10-4-11(5-10,6-10)8(14)15/h7,13H,4-6H2,1-3H3,(H,14,15)/b12-7+. The van der Waals surface area contributed by atoms with Crippen LogP contribution in [0.25, 0.3) is 0 Å². The van der Waals surface area contributed by atoms with Crippen molar-refractivity contribution in [1.29, 1.82) is 0 Å². The van der Waals surface area contributed by atoms with Gasteiger partial charge >= 0.3 is 16.2 Å². The van der Waals surface area contributed by atoms with Crippen LogP contribution < -0.4 is 4.72 Å². The Morgan fingerprint density at radius 3 is 2.22 bits per heavy atom. The van der Waals surface area contributed by atoms with E-state index < -0.39 is 27.1 Å². The summed E-state index contributed by atoms with van der Waals surface area (Å²) in [5.41, 5.74) is -1.48. The van der Waals surface area contributed by atoms with Gasteiger partial charge in [-0.15, -0.1) is 0 Å². The molecule has 0 amide bonds. The van der Waals surface area contributed by atoms with Gasteiger partial charge in [0.1, 0.15) is 0 Å². The van der Waals surface area contributed by atoms with Crippen LogP contribution in [0, 0.1) is 10.8 Å². The van der Waals surface area contributed by atoms with Crippen LogP contribution in [0.2, 0.25) is 0 Å². The molecule has 0 aromatic carbocycles. The fourth-order valence-corrected chi connectivity index (χ4v) is 4.01. The molecule has 0 radical (unpaired) electrons. The number of carboxylic acids is 1. The largest absolute Gasteiger partial charge is 0.481 e. The molecule has 6 nitrogen and oxygen atoms in total. The SMILES string of the molecule is CC(C)(C)NS(=O)(=O)/N=C/C12CC(C(=O)O)(C1)C2. The molecule has 3 rings (SSSR count). The number of rotatable bonds is 4. The molecule has 0 heterocycles. The van der Waals surface area contributed by atoms with E-state index in [-0.39, 0.29) is 5.41 Å². The lowest BCUT2D eigenvalue weighted by Gasteiger charge is -2.66. The van der Waals surface area contributed by atoms with Crippen LogP contribution in [0.1, 0.15) is 40.0 Å². The molecule has 3 aliphatic rings. The van der Waals surface area contributed by atoms with E-state index in [0.717, 1.165) is 0 Å². The van der Waals surface area contributed by atoms with Gasteiger partial charge in [-0.25, -0.2) is 0 Å². The summed E-state index contributed by atoms with van der Waals surface area (Å²) in [6.07, 6.45) is 2.92. The van der Waals surface area contributed by atoms with Crippen LogP contribution in [0.15, 0.2) is 4.40 Å². The number of nitrogens with zero attached hydrogens (tertiary/aromatic N) is 1. The summed E-state index contributed by atoms with van der Waals surface area (Å²) >= 11 is 0. The molecule has 7 heteroatoms. The first kappa shape index (κ1) is 13.5. The van der Waals surface area contributed by atoms with Crippen molar-refractivity contribution >= 4 is 22.4 Å². The summed E-state index contributed by atoms with van der Waals surface area (Å²) in [4.78, 5) is 10.9. The lowest BCUT2D eigenvalue weighted by molar-refractivity contribution is -0.197. The fraction of sp³-hybridized carbons (Fsp3) is 0.818. The van der Waals surface area contributed by atoms with Gasteiger partial charge in [0.25, 0.3) is 0 Å². The smallest absolute Gasteiger partial charge is 0.319 e. The summed E-state index contributed by atoms with van der Waals surface area (Å²) in [5, 5.41) is 8.95. The Balaban J connectivity index is 1.97. The second kappa shape index (κ2) is 3.54. The number of hydrogen-bond acceptors (Lipinski definition) is 3. The van der Waals surface area contributed by atoms with Crippen molar-refractivity contribution in [3.8, 4) is 0 Å². The second-order valence-electron chi connectivity index (χ2n) is 6.54. The van der Waals surface area contributed by atoms with Crippen LogP contribution in [0.4, 0.5) is 0 Å². The van der Waals surface area contributed by atoms with Crippen molar-refractivity contribution in [3.63, 3.8) is 0 Å². The summed E-state index contributed by atoms with van der Waals surface area (Å²) in [6.45, 7) is 5.21. The molecular formula is C11H18N2O4S. The number of aliphatic carboxylic acids is 1. The molecule has 0 saturated heterocycles. The van der Waals surface area contributed by atoms with Crippen molar-refractivity contribution in [2.45, 2.75) is 45.6 Å². The van der Waals surface area contributed by atoms with E-state index in [1.165, 1.54) is 6.21 Å². The third-order valence-electron chi connectivity index (χ3n) is 3.43. The second-order valence-corrected chi connectivity index (χ2v) is 7.90. The molecule has 102 valence electrons. The van der Waals surface area contributed by atoms with Gasteiger partial charge in [0.05, 0.1) is 5.41 Å². The number of hydrogen-bond donors (Lipinski definition) is 2. The summed E-state index contributed by atoms with van der Waals surface area (Å²) in [5.74, 6) is -0.784. The van der Waals surface area contributed by atoms with Crippen LogP contribution in [-0.4, -0.2) is 31.2 Å². The molecule has 0 aliphatic heterocycles. The predicted molar refractivity (Wildman–Crippen MR) is 66.7 cm³/mol. The Kier molecular flexibility index (Phi) is 2.65. The molecule has 3 fully saturated rings. The van der Waals surface area contributed by atoms with Gasteiger partial charge < -0.3 is 5.11 Å². The molecule has 0 aromatic rings. The minimum atomic E-state index is -3.69. The van der Waals surface area contributed by atoms with Gasteiger partial charge in [-0.3, -0.25) is 4.79 Å². The zero-order valence-electron chi connectivity index (χ0n) is 10.7. The number of carboxylic acid groups (broad SMARTS) is 1. The highest BCUT2D eigenvalue weighted by molar-refractivity contribution is 7.88. The first-order valence-corrected chi connectivity index (χ1v) is 7.26. The van der Waals surface area contributed by atoms with E-state index in [4.69, 9.17) is 5.11 Å². The van der Waals surface area contributed by atoms with E-state index in [1.54, 1.807) is 20.8 Å². The van der Waals surface area contributed by atoms with Crippen LogP contribution >= 0.6 is 0 Å². The normalized spacial score (nSPS) is 35.1. The molecular weight excluding hydrogens is 256 g/mol. The Bertz CT molecular complexity index is 496. The molecule has 3 aliphatic carbocycles. The Morgan fingerprint density at radius 1 is 1.33 bits per heavy atom. The van der Waals surface area contributed by atoms with Crippen LogP contribution in [0.5, 0.6) is 0 Å². The first-order valence-electron chi connectivity index (χ1n) is 5.82. The van der Waals surface area contributed by atoms with E-state index >= 15 is 0 Å². The van der Waals surface area contributed by atoms with Crippen LogP contribution in [0.3, 0.4) is 0 Å². The maximum atomic E-state index is 11.6. The van der Waals surface area contributed by atoms with Crippen LogP contribution in [-0.2, 0) is 15.0 Å². The van der Waals surface area contributed by atoms with Gasteiger partial charge in [0.15, 0.2) is 0 Å². The van der Waals surface area contributed by atoms with Gasteiger partial charge in [0.2, 0.25) is 0 Å². The minimum absolute atomic E-state index is 0.301. The summed E-state index contributed by atoms with van der Waals surface area (Å²) in [7, 11) is -3.69. The highest BCUT2D eigenvalue weighted by Crippen LogP contribution is 2.72. The fourth-order valence-electron chi connectivity index (χ4n) is 2.82. The highest BCUT2D eigenvalue weighted by Gasteiger charge is 2.71. The maximum absolute atomic E-state index is 11.6. The molecule has 0 spiro atoms. The van der Waals surface area contributed by atoms with Crippen molar-refractivity contribution < 1.29 is 18.3 Å². The highest BCUT2D eigenvalue weighted by atomic mass is 32.2. The molecule has 3 saturated carbocycles. The quantitative estimate of drug-likeness (QED) is 0.746. The zero-order chi connectivity index (χ0) is 13.8. The summed E-state index contributed by atoms with van der Waals surface area (Å²) < 4.78 is 29.3. The number of carbonyl (C=O) groups is 1. The van der Waals surface area contributed by atoms with Crippen molar-refractivity contribution in [1.82, 2.24) is 4.72 Å². The lowest BCUT2D eigenvalue weighted by Crippen LogP contribution is -2.66. The monoisotopic (exact) mass is 274 g/mol. The van der Waals surface area contributed by atoms with Gasteiger partial charge in [-0.05, 0) is 40.0 Å². The van der Waals surface area contributed by atoms with E-state index in [9.17, 15) is 13.2 Å². The molecule has 2 bridgehead atoms.